The predicted molar refractivity (Wildman–Crippen MR) is 99.5 cm³/mol. The Morgan fingerprint density at radius 3 is 2.04 bits per heavy atom. The molecule has 2 aromatic rings. The Balaban J connectivity index is 1.45. The molecule has 0 atom stereocenters. The van der Waals surface area contributed by atoms with Crippen LogP contribution < -0.4 is 4.57 Å². The van der Waals surface area contributed by atoms with Crippen molar-refractivity contribution in [2.24, 2.45) is 0 Å². The predicted octanol–water partition coefficient (Wildman–Crippen LogP) is 2.13. The highest BCUT2D eigenvalue weighted by molar-refractivity contribution is 6.21. The van der Waals surface area contributed by atoms with Gasteiger partial charge in [0.05, 0.1) is 44.7 Å². The van der Waals surface area contributed by atoms with E-state index in [0.717, 1.165) is 37.0 Å². The lowest BCUT2D eigenvalue weighted by atomic mass is 10.1. The van der Waals surface area contributed by atoms with Gasteiger partial charge in [-0.25, -0.2) is 4.57 Å². The Kier molecular flexibility index (Phi) is 5.47. The maximum atomic E-state index is 12.4. The van der Waals surface area contributed by atoms with Crippen molar-refractivity contribution in [3.8, 4) is 0 Å². The molecule has 0 unspecified atom stereocenters. The maximum absolute atomic E-state index is 12.4. The van der Waals surface area contributed by atoms with Gasteiger partial charge in [-0.2, -0.15) is 0 Å². The monoisotopic (exact) mass is 353 g/mol. The van der Waals surface area contributed by atoms with E-state index >= 15 is 0 Å². The Bertz CT molecular complexity index is 752. The largest absolute Gasteiger partial charge is 0.328 e. The zero-order chi connectivity index (χ0) is 18.6. The van der Waals surface area contributed by atoms with Crippen LogP contribution in [-0.2, 0) is 6.54 Å². The number of carbonyl (C=O) groups is 2. The summed E-state index contributed by atoms with van der Waals surface area (Å²) < 4.78 is 3.08. The quantitative estimate of drug-likeness (QED) is 0.414. The number of benzene rings is 1. The van der Waals surface area contributed by atoms with Gasteiger partial charge in [0.2, 0.25) is 0 Å². The molecule has 0 bridgehead atoms. The Morgan fingerprint density at radius 2 is 1.42 bits per heavy atom. The average Bonchev–Trinajstić information content (AvgIpc) is 2.88. The van der Waals surface area contributed by atoms with E-state index in [1.165, 1.54) is 4.90 Å². The Morgan fingerprint density at radius 1 is 0.846 bits per heavy atom. The fourth-order valence-electron chi connectivity index (χ4n) is 3.48. The van der Waals surface area contributed by atoms with Crippen LogP contribution >= 0.6 is 0 Å². The zero-order valence-corrected chi connectivity index (χ0v) is 15.6. The molecule has 5 heteroatoms. The first-order valence-corrected chi connectivity index (χ1v) is 9.19. The molecule has 0 N–H and O–H groups in total. The second-order valence-corrected chi connectivity index (χ2v) is 7.51. The first kappa shape index (κ1) is 18.3. The molecule has 0 aliphatic carbocycles. The summed E-state index contributed by atoms with van der Waals surface area (Å²) in [4.78, 5) is 26.2. The lowest BCUT2D eigenvalue weighted by Gasteiger charge is -2.30. The third-order valence-corrected chi connectivity index (χ3v) is 4.98. The molecule has 1 aromatic carbocycles. The van der Waals surface area contributed by atoms with Gasteiger partial charge in [-0.3, -0.25) is 14.5 Å². The highest BCUT2D eigenvalue weighted by Gasteiger charge is 2.34. The topological polar surface area (TPSA) is 41.3 Å². The first-order chi connectivity index (χ1) is 12.5. The number of imide groups is 1. The van der Waals surface area contributed by atoms with Crippen molar-refractivity contribution in [1.82, 2.24) is 4.90 Å². The van der Waals surface area contributed by atoms with Gasteiger partial charge in [-0.1, -0.05) is 18.2 Å². The number of hydrogen-bond acceptors (Lipinski definition) is 2. The number of amides is 2. The lowest BCUT2D eigenvalue weighted by Crippen LogP contribution is -2.44. The van der Waals surface area contributed by atoms with Crippen LogP contribution in [-0.4, -0.2) is 54.9 Å². The minimum Gasteiger partial charge on any atom is -0.328 e. The second-order valence-electron chi connectivity index (χ2n) is 7.51. The van der Waals surface area contributed by atoms with Gasteiger partial charge >= 0.3 is 0 Å². The number of quaternary nitrogens is 1. The van der Waals surface area contributed by atoms with E-state index in [4.69, 9.17) is 0 Å². The molecule has 0 radical (unpaired) electrons. The molecule has 1 aliphatic rings. The van der Waals surface area contributed by atoms with Gasteiger partial charge < -0.3 is 4.48 Å². The van der Waals surface area contributed by atoms with Crippen LogP contribution in [0.2, 0.25) is 0 Å². The zero-order valence-electron chi connectivity index (χ0n) is 15.6. The number of carbonyl (C=O) groups excluding carboxylic acids is 2. The summed E-state index contributed by atoms with van der Waals surface area (Å²) in [5.41, 5.74) is 1.07. The number of pyridine rings is 1. The first-order valence-electron chi connectivity index (χ1n) is 9.19. The van der Waals surface area contributed by atoms with Crippen LogP contribution in [0.4, 0.5) is 0 Å². The third-order valence-electron chi connectivity index (χ3n) is 4.98. The summed E-state index contributed by atoms with van der Waals surface area (Å²) in [5, 5.41) is 0. The molecule has 2 heterocycles. The number of aromatic nitrogens is 1. The smallest absolute Gasteiger partial charge is 0.261 e. The normalized spacial score (nSPS) is 14.0. The third kappa shape index (κ3) is 4.17. The molecule has 2 amide bonds. The van der Waals surface area contributed by atoms with Crippen molar-refractivity contribution < 1.29 is 18.6 Å². The number of hydrogen-bond donors (Lipinski definition) is 0. The summed E-state index contributed by atoms with van der Waals surface area (Å²) in [7, 11) is 4.41. The van der Waals surface area contributed by atoms with E-state index in [1.807, 2.05) is 18.2 Å². The molecule has 0 saturated heterocycles. The number of rotatable bonds is 8. The van der Waals surface area contributed by atoms with E-state index in [1.54, 1.807) is 24.3 Å². The van der Waals surface area contributed by atoms with Crippen molar-refractivity contribution in [2.75, 3.05) is 33.7 Å². The van der Waals surface area contributed by atoms with E-state index < -0.39 is 0 Å². The SMILES string of the molecule is C[N+](C)(CCCN1C(=O)c2ccccc2C1=O)CCC[n+]1ccccc1. The van der Waals surface area contributed by atoms with E-state index in [9.17, 15) is 9.59 Å². The molecule has 0 saturated carbocycles. The molecule has 3 rings (SSSR count). The summed E-state index contributed by atoms with van der Waals surface area (Å²) in [6, 6.07) is 13.2. The highest BCUT2D eigenvalue weighted by Crippen LogP contribution is 2.22. The fraction of sp³-hybridized carbons (Fsp3) is 0.381. The number of aryl methyl sites for hydroxylation is 1. The van der Waals surface area contributed by atoms with Crippen molar-refractivity contribution >= 4 is 11.8 Å². The molecule has 5 nitrogen and oxygen atoms in total. The van der Waals surface area contributed by atoms with Crippen LogP contribution in [0.5, 0.6) is 0 Å². The van der Waals surface area contributed by atoms with Gasteiger partial charge in [0.25, 0.3) is 11.8 Å². The molecule has 136 valence electrons. The van der Waals surface area contributed by atoms with Crippen LogP contribution in [0.1, 0.15) is 33.6 Å². The van der Waals surface area contributed by atoms with Crippen molar-refractivity contribution in [3.05, 3.63) is 66.0 Å². The van der Waals surface area contributed by atoms with Gasteiger partial charge in [0.1, 0.15) is 0 Å². The van der Waals surface area contributed by atoms with Gasteiger partial charge in [0, 0.05) is 25.1 Å². The fourth-order valence-corrected chi connectivity index (χ4v) is 3.48. The standard InChI is InChI=1S/C21H27N3O2/c1-24(2,16-8-14-22-12-6-3-7-13-22)17-9-15-23-20(25)18-10-4-5-11-19(18)21(23)26/h3-7,10-13H,8-9,14-17H2,1-2H3/q+2. The molecule has 0 fully saturated rings. The molecular weight excluding hydrogens is 326 g/mol. The van der Waals surface area contributed by atoms with Crippen LogP contribution in [0.25, 0.3) is 0 Å². The lowest BCUT2D eigenvalue weighted by molar-refractivity contribution is -0.893. The summed E-state index contributed by atoms with van der Waals surface area (Å²) in [5.74, 6) is -0.312. The molecule has 26 heavy (non-hydrogen) atoms. The molecule has 0 spiro atoms. The molecule has 1 aromatic heterocycles. The second kappa shape index (κ2) is 7.79. The van der Waals surface area contributed by atoms with Crippen LogP contribution in [0.3, 0.4) is 0 Å². The summed E-state index contributed by atoms with van der Waals surface area (Å²) in [6.45, 7) is 3.49. The van der Waals surface area contributed by atoms with Crippen molar-refractivity contribution in [1.29, 1.82) is 0 Å². The molecule has 1 aliphatic heterocycles. The summed E-state index contributed by atoms with van der Waals surface area (Å²) >= 11 is 0. The number of fused-ring (bicyclic) bond motifs is 1. The van der Waals surface area contributed by atoms with E-state index in [-0.39, 0.29) is 11.8 Å². The van der Waals surface area contributed by atoms with Crippen molar-refractivity contribution in [3.63, 3.8) is 0 Å². The van der Waals surface area contributed by atoms with Gasteiger partial charge in [-0.15, -0.1) is 0 Å². The summed E-state index contributed by atoms with van der Waals surface area (Å²) in [6.07, 6.45) is 6.08. The minimum atomic E-state index is -0.156. The van der Waals surface area contributed by atoms with E-state index in [2.05, 4.69) is 31.1 Å². The van der Waals surface area contributed by atoms with Gasteiger partial charge in [-0.05, 0) is 12.1 Å². The van der Waals surface area contributed by atoms with Crippen molar-refractivity contribution in [2.45, 2.75) is 19.4 Å². The maximum Gasteiger partial charge on any atom is 0.261 e. The Labute approximate surface area is 155 Å². The Hall–Kier alpha value is -2.53. The van der Waals surface area contributed by atoms with Crippen LogP contribution in [0, 0.1) is 0 Å². The minimum absolute atomic E-state index is 0.156. The average molecular weight is 353 g/mol. The highest BCUT2D eigenvalue weighted by atomic mass is 16.2. The van der Waals surface area contributed by atoms with Crippen LogP contribution in [0.15, 0.2) is 54.9 Å². The molecular formula is C21H27N3O2+2. The number of nitrogens with zero attached hydrogens (tertiary/aromatic N) is 3. The van der Waals surface area contributed by atoms with Gasteiger partial charge in [0.15, 0.2) is 18.9 Å². The van der Waals surface area contributed by atoms with E-state index in [0.29, 0.717) is 17.7 Å².